The number of rotatable bonds is 6. The molecule has 0 spiro atoms. The number of hydrogen-bond acceptors (Lipinski definition) is 5. The summed E-state index contributed by atoms with van der Waals surface area (Å²) in [7, 11) is -3.65. The fourth-order valence-electron chi connectivity index (χ4n) is 4.20. The Morgan fingerprint density at radius 2 is 1.72 bits per heavy atom. The molecule has 2 aromatic carbocycles. The van der Waals surface area contributed by atoms with Gasteiger partial charge in [-0.3, -0.25) is 4.79 Å². The summed E-state index contributed by atoms with van der Waals surface area (Å²) in [5.74, 6) is 0.813. The number of piperidine rings is 1. The van der Waals surface area contributed by atoms with E-state index in [0.29, 0.717) is 50.6 Å². The van der Waals surface area contributed by atoms with Gasteiger partial charge in [-0.05, 0) is 43.9 Å². The molecular formula is C24H30N2O5S. The Morgan fingerprint density at radius 1 is 1.06 bits per heavy atom. The van der Waals surface area contributed by atoms with E-state index in [0.717, 1.165) is 12.0 Å². The highest BCUT2D eigenvalue weighted by atomic mass is 32.2. The molecule has 1 fully saturated rings. The zero-order valence-corrected chi connectivity index (χ0v) is 19.4. The van der Waals surface area contributed by atoms with Crippen LogP contribution in [0.4, 0.5) is 0 Å². The van der Waals surface area contributed by atoms with Crippen LogP contribution in [0, 0.1) is 12.8 Å². The van der Waals surface area contributed by atoms with Crippen LogP contribution in [-0.4, -0.2) is 44.9 Å². The molecule has 0 aliphatic carbocycles. The molecular weight excluding hydrogens is 428 g/mol. The largest absolute Gasteiger partial charge is 0.486 e. The first kappa shape index (κ1) is 22.6. The summed E-state index contributed by atoms with van der Waals surface area (Å²) in [6.45, 7) is 5.58. The van der Waals surface area contributed by atoms with Gasteiger partial charge in [-0.15, -0.1) is 0 Å². The summed E-state index contributed by atoms with van der Waals surface area (Å²) >= 11 is 0. The SMILES string of the molecule is CC[C@H](NC(=O)C1CCN(S(=O)(=O)c2ccc3c(c2)OCCO3)CC1)c1ccc(C)cc1. The van der Waals surface area contributed by atoms with Gasteiger partial charge in [-0.25, -0.2) is 8.42 Å². The number of hydrogen-bond donors (Lipinski definition) is 1. The van der Waals surface area contributed by atoms with Crippen molar-refractivity contribution in [3.8, 4) is 11.5 Å². The van der Waals surface area contributed by atoms with Gasteiger partial charge in [0.2, 0.25) is 15.9 Å². The van der Waals surface area contributed by atoms with Crippen LogP contribution in [0.1, 0.15) is 43.4 Å². The Hall–Kier alpha value is -2.58. The predicted octanol–water partition coefficient (Wildman–Crippen LogP) is 3.43. The number of ether oxygens (including phenoxy) is 2. The van der Waals surface area contributed by atoms with Gasteiger partial charge in [-0.2, -0.15) is 4.31 Å². The van der Waals surface area contributed by atoms with Crippen molar-refractivity contribution < 1.29 is 22.7 Å². The van der Waals surface area contributed by atoms with Crippen LogP contribution in [0.15, 0.2) is 47.4 Å². The quantitative estimate of drug-likeness (QED) is 0.717. The van der Waals surface area contributed by atoms with E-state index in [-0.39, 0.29) is 22.8 Å². The minimum Gasteiger partial charge on any atom is -0.486 e. The minimum atomic E-state index is -3.65. The number of nitrogens with one attached hydrogen (secondary N) is 1. The fourth-order valence-corrected chi connectivity index (χ4v) is 5.69. The Balaban J connectivity index is 1.37. The van der Waals surface area contributed by atoms with Crippen LogP contribution in [0.5, 0.6) is 11.5 Å². The van der Waals surface area contributed by atoms with Crippen LogP contribution in [0.2, 0.25) is 0 Å². The number of nitrogens with zero attached hydrogens (tertiary/aromatic N) is 1. The smallest absolute Gasteiger partial charge is 0.243 e. The number of amides is 1. The molecule has 2 heterocycles. The predicted molar refractivity (Wildman–Crippen MR) is 121 cm³/mol. The zero-order chi connectivity index (χ0) is 22.7. The van der Waals surface area contributed by atoms with Gasteiger partial charge in [-0.1, -0.05) is 36.8 Å². The minimum absolute atomic E-state index is 0.00574. The maximum atomic E-state index is 13.1. The van der Waals surface area contributed by atoms with Crippen LogP contribution in [0.25, 0.3) is 0 Å². The molecule has 1 atom stereocenters. The lowest BCUT2D eigenvalue weighted by atomic mass is 9.95. The van der Waals surface area contributed by atoms with Crippen LogP contribution >= 0.6 is 0 Å². The first-order valence-electron chi connectivity index (χ1n) is 11.1. The molecule has 172 valence electrons. The van der Waals surface area contributed by atoms with Gasteiger partial charge >= 0.3 is 0 Å². The van der Waals surface area contributed by atoms with Gasteiger partial charge in [0.25, 0.3) is 0 Å². The number of carbonyl (C=O) groups excluding carboxylic acids is 1. The van der Waals surface area contributed by atoms with E-state index in [9.17, 15) is 13.2 Å². The summed E-state index contributed by atoms with van der Waals surface area (Å²) in [5, 5.41) is 3.15. The van der Waals surface area contributed by atoms with E-state index >= 15 is 0 Å². The van der Waals surface area contributed by atoms with Gasteiger partial charge < -0.3 is 14.8 Å². The second kappa shape index (κ2) is 9.50. The fraction of sp³-hybridized carbons (Fsp3) is 0.458. The summed E-state index contributed by atoms with van der Waals surface area (Å²) in [6, 6.07) is 12.9. The highest BCUT2D eigenvalue weighted by molar-refractivity contribution is 7.89. The Labute approximate surface area is 189 Å². The average molecular weight is 459 g/mol. The monoisotopic (exact) mass is 458 g/mol. The molecule has 0 saturated carbocycles. The van der Waals surface area contributed by atoms with Crippen molar-refractivity contribution in [1.29, 1.82) is 0 Å². The third-order valence-corrected chi connectivity index (χ3v) is 8.08. The van der Waals surface area contributed by atoms with Crippen molar-refractivity contribution in [2.45, 2.75) is 44.0 Å². The molecule has 2 aromatic rings. The van der Waals surface area contributed by atoms with Gasteiger partial charge in [0.15, 0.2) is 11.5 Å². The molecule has 0 unspecified atom stereocenters. The van der Waals surface area contributed by atoms with E-state index in [1.54, 1.807) is 12.1 Å². The number of carbonyl (C=O) groups is 1. The Bertz CT molecular complexity index is 1060. The summed E-state index contributed by atoms with van der Waals surface area (Å²) in [5.41, 5.74) is 2.27. The maximum Gasteiger partial charge on any atom is 0.243 e. The zero-order valence-electron chi connectivity index (χ0n) is 18.5. The molecule has 2 aliphatic rings. The average Bonchev–Trinajstić information content (AvgIpc) is 2.82. The molecule has 1 saturated heterocycles. The number of aryl methyl sites for hydroxylation is 1. The van der Waals surface area contributed by atoms with E-state index in [1.807, 2.05) is 38.1 Å². The van der Waals surface area contributed by atoms with Crippen molar-refractivity contribution >= 4 is 15.9 Å². The molecule has 4 rings (SSSR count). The second-order valence-corrected chi connectivity index (χ2v) is 10.3. The first-order valence-corrected chi connectivity index (χ1v) is 12.6. The lowest BCUT2D eigenvalue weighted by molar-refractivity contribution is -0.126. The van der Waals surface area contributed by atoms with Crippen LogP contribution < -0.4 is 14.8 Å². The van der Waals surface area contributed by atoms with Gasteiger partial charge in [0.05, 0.1) is 10.9 Å². The summed E-state index contributed by atoms with van der Waals surface area (Å²) in [6.07, 6.45) is 1.80. The number of sulfonamides is 1. The van der Waals surface area contributed by atoms with Crippen molar-refractivity contribution in [2.75, 3.05) is 26.3 Å². The lowest BCUT2D eigenvalue weighted by Gasteiger charge is -2.31. The molecule has 0 radical (unpaired) electrons. The molecule has 0 aromatic heterocycles. The van der Waals surface area contributed by atoms with Crippen molar-refractivity contribution in [3.05, 3.63) is 53.6 Å². The molecule has 1 N–H and O–H groups in total. The van der Waals surface area contributed by atoms with Crippen molar-refractivity contribution in [3.63, 3.8) is 0 Å². The van der Waals surface area contributed by atoms with E-state index in [2.05, 4.69) is 5.32 Å². The van der Waals surface area contributed by atoms with E-state index in [1.165, 1.54) is 15.9 Å². The number of benzene rings is 2. The van der Waals surface area contributed by atoms with Crippen molar-refractivity contribution in [1.82, 2.24) is 9.62 Å². The third kappa shape index (κ3) is 4.76. The first-order chi connectivity index (χ1) is 15.4. The lowest BCUT2D eigenvalue weighted by Crippen LogP contribution is -2.43. The normalized spacial score (nSPS) is 18.2. The standard InChI is InChI=1S/C24H30N2O5S/c1-3-21(18-6-4-17(2)5-7-18)25-24(27)19-10-12-26(13-11-19)32(28,29)20-8-9-22-23(16-20)31-15-14-30-22/h4-9,16,19,21H,3,10-15H2,1-2H3,(H,25,27)/t21-/m0/s1. The van der Waals surface area contributed by atoms with Crippen LogP contribution in [-0.2, 0) is 14.8 Å². The summed E-state index contributed by atoms with van der Waals surface area (Å²) in [4.78, 5) is 13.1. The summed E-state index contributed by atoms with van der Waals surface area (Å²) < 4.78 is 38.7. The molecule has 2 aliphatic heterocycles. The topological polar surface area (TPSA) is 84.9 Å². The Morgan fingerprint density at radius 3 is 2.38 bits per heavy atom. The molecule has 7 nitrogen and oxygen atoms in total. The van der Waals surface area contributed by atoms with E-state index in [4.69, 9.17) is 9.47 Å². The molecule has 8 heteroatoms. The molecule has 32 heavy (non-hydrogen) atoms. The highest BCUT2D eigenvalue weighted by Crippen LogP contribution is 2.34. The van der Waals surface area contributed by atoms with Crippen LogP contribution in [0.3, 0.4) is 0 Å². The molecule has 1 amide bonds. The third-order valence-electron chi connectivity index (χ3n) is 6.18. The second-order valence-electron chi connectivity index (χ2n) is 8.36. The maximum absolute atomic E-state index is 13.1. The Kier molecular flexibility index (Phi) is 6.71. The van der Waals surface area contributed by atoms with Gasteiger partial charge in [0.1, 0.15) is 13.2 Å². The van der Waals surface area contributed by atoms with E-state index < -0.39 is 10.0 Å². The van der Waals surface area contributed by atoms with Gasteiger partial charge in [0, 0.05) is 25.1 Å². The number of fused-ring (bicyclic) bond motifs is 1. The highest BCUT2D eigenvalue weighted by Gasteiger charge is 2.33. The van der Waals surface area contributed by atoms with Crippen molar-refractivity contribution in [2.24, 2.45) is 5.92 Å². The molecule has 0 bridgehead atoms.